The molecule has 21 heavy (non-hydrogen) atoms. The van der Waals surface area contributed by atoms with Gasteiger partial charge in [-0.2, -0.15) is 4.31 Å². The summed E-state index contributed by atoms with van der Waals surface area (Å²) in [4.78, 5) is 10.5. The largest absolute Gasteiger partial charge is 0.273 e. The van der Waals surface area contributed by atoms with Crippen LogP contribution in [-0.4, -0.2) is 30.2 Å². The lowest BCUT2D eigenvalue weighted by atomic mass is 10.0. The SMILES string of the molecule is CCC1CCCCN1S(=O)(=O)c1ccc(C)c([N+](=O)[O-])c1. The van der Waals surface area contributed by atoms with E-state index in [0.717, 1.165) is 25.7 Å². The summed E-state index contributed by atoms with van der Waals surface area (Å²) >= 11 is 0. The van der Waals surface area contributed by atoms with Crippen LogP contribution in [0.1, 0.15) is 38.2 Å². The molecule has 0 amide bonds. The van der Waals surface area contributed by atoms with E-state index in [1.807, 2.05) is 6.92 Å². The number of piperidine rings is 1. The van der Waals surface area contributed by atoms with Gasteiger partial charge in [0.25, 0.3) is 5.69 Å². The molecule has 0 aromatic heterocycles. The maximum absolute atomic E-state index is 12.7. The average Bonchev–Trinajstić information content (AvgIpc) is 2.47. The molecule has 1 unspecified atom stereocenters. The molecule has 2 rings (SSSR count). The van der Waals surface area contributed by atoms with Crippen molar-refractivity contribution in [3.8, 4) is 0 Å². The molecule has 0 aliphatic carbocycles. The van der Waals surface area contributed by atoms with Crippen LogP contribution < -0.4 is 0 Å². The summed E-state index contributed by atoms with van der Waals surface area (Å²) in [5, 5.41) is 11.0. The Morgan fingerprint density at radius 1 is 1.38 bits per heavy atom. The van der Waals surface area contributed by atoms with E-state index in [1.165, 1.54) is 22.5 Å². The molecular weight excluding hydrogens is 292 g/mol. The van der Waals surface area contributed by atoms with Crippen LogP contribution in [0.15, 0.2) is 23.1 Å². The van der Waals surface area contributed by atoms with Gasteiger partial charge in [0.2, 0.25) is 10.0 Å². The van der Waals surface area contributed by atoms with Gasteiger partial charge in [-0.05, 0) is 32.3 Å². The van der Waals surface area contributed by atoms with Crippen LogP contribution in [0, 0.1) is 17.0 Å². The summed E-state index contributed by atoms with van der Waals surface area (Å²) in [5.41, 5.74) is 0.311. The number of rotatable bonds is 4. The third-order valence-electron chi connectivity index (χ3n) is 4.03. The zero-order valence-electron chi connectivity index (χ0n) is 12.3. The summed E-state index contributed by atoms with van der Waals surface area (Å²) in [6.07, 6.45) is 3.47. The zero-order chi connectivity index (χ0) is 15.6. The fourth-order valence-electron chi connectivity index (χ4n) is 2.78. The van der Waals surface area contributed by atoms with Gasteiger partial charge in [-0.15, -0.1) is 0 Å². The molecule has 1 saturated heterocycles. The number of nitrogens with zero attached hydrogens (tertiary/aromatic N) is 2. The quantitative estimate of drug-likeness (QED) is 0.632. The Bertz CT molecular complexity index is 642. The molecule has 7 heteroatoms. The van der Waals surface area contributed by atoms with E-state index in [9.17, 15) is 18.5 Å². The lowest BCUT2D eigenvalue weighted by Crippen LogP contribution is -2.43. The van der Waals surface area contributed by atoms with Gasteiger partial charge in [-0.25, -0.2) is 8.42 Å². The second-order valence-corrected chi connectivity index (χ2v) is 7.27. The van der Waals surface area contributed by atoms with Crippen molar-refractivity contribution in [1.82, 2.24) is 4.31 Å². The van der Waals surface area contributed by atoms with E-state index in [4.69, 9.17) is 0 Å². The van der Waals surface area contributed by atoms with E-state index in [-0.39, 0.29) is 16.6 Å². The number of aryl methyl sites for hydroxylation is 1. The molecule has 1 heterocycles. The average molecular weight is 312 g/mol. The number of hydrogen-bond acceptors (Lipinski definition) is 4. The minimum atomic E-state index is -3.67. The molecular formula is C14H20N2O4S. The van der Waals surface area contributed by atoms with E-state index < -0.39 is 14.9 Å². The van der Waals surface area contributed by atoms with Gasteiger partial charge in [0.05, 0.1) is 9.82 Å². The minimum Gasteiger partial charge on any atom is -0.258 e. The number of benzene rings is 1. The second-order valence-electron chi connectivity index (χ2n) is 5.38. The van der Waals surface area contributed by atoms with Crippen LogP contribution in [0.4, 0.5) is 5.69 Å². The highest BCUT2D eigenvalue weighted by Crippen LogP contribution is 2.29. The summed E-state index contributed by atoms with van der Waals surface area (Å²) < 4.78 is 27.0. The normalized spacial score (nSPS) is 20.4. The molecule has 1 atom stereocenters. The molecule has 1 aromatic carbocycles. The van der Waals surface area contributed by atoms with Gasteiger partial charge in [0, 0.05) is 24.2 Å². The molecule has 6 nitrogen and oxygen atoms in total. The topological polar surface area (TPSA) is 80.5 Å². The summed E-state index contributed by atoms with van der Waals surface area (Å²) in [5.74, 6) is 0. The van der Waals surface area contributed by atoms with Crippen LogP contribution >= 0.6 is 0 Å². The molecule has 1 aliphatic rings. The predicted molar refractivity (Wildman–Crippen MR) is 79.7 cm³/mol. The van der Waals surface area contributed by atoms with Crippen LogP contribution in [0.3, 0.4) is 0 Å². The predicted octanol–water partition coefficient (Wildman–Crippen LogP) is 2.86. The molecule has 116 valence electrons. The van der Waals surface area contributed by atoms with Crippen molar-refractivity contribution in [3.63, 3.8) is 0 Å². The first kappa shape index (κ1) is 15.9. The van der Waals surface area contributed by atoms with Crippen molar-refractivity contribution < 1.29 is 13.3 Å². The van der Waals surface area contributed by atoms with Crippen LogP contribution in [0.25, 0.3) is 0 Å². The van der Waals surface area contributed by atoms with Gasteiger partial charge in [0.15, 0.2) is 0 Å². The second kappa shape index (κ2) is 6.11. The van der Waals surface area contributed by atoms with E-state index in [2.05, 4.69) is 0 Å². The maximum atomic E-state index is 12.7. The number of nitro groups is 1. The molecule has 1 aromatic rings. The Balaban J connectivity index is 2.43. The molecule has 0 bridgehead atoms. The Hall–Kier alpha value is -1.47. The monoisotopic (exact) mass is 312 g/mol. The fraction of sp³-hybridized carbons (Fsp3) is 0.571. The molecule has 0 radical (unpaired) electrons. The van der Waals surface area contributed by atoms with Gasteiger partial charge >= 0.3 is 0 Å². The molecule has 0 saturated carbocycles. The fourth-order valence-corrected chi connectivity index (χ4v) is 4.57. The Labute approximate surface area is 125 Å². The highest BCUT2D eigenvalue weighted by atomic mass is 32.2. The van der Waals surface area contributed by atoms with Crippen molar-refractivity contribution in [2.24, 2.45) is 0 Å². The van der Waals surface area contributed by atoms with Gasteiger partial charge in [-0.3, -0.25) is 10.1 Å². The standard InChI is InChI=1S/C14H20N2O4S/c1-3-12-6-4-5-9-15(12)21(19,20)13-8-7-11(2)14(10-13)16(17)18/h7-8,10,12H,3-6,9H2,1-2H3. The first-order valence-corrected chi connectivity index (χ1v) is 8.58. The summed E-state index contributed by atoms with van der Waals surface area (Å²) in [7, 11) is -3.67. The highest BCUT2D eigenvalue weighted by molar-refractivity contribution is 7.89. The van der Waals surface area contributed by atoms with Gasteiger partial charge in [-0.1, -0.05) is 19.4 Å². The van der Waals surface area contributed by atoms with Crippen molar-refractivity contribution in [2.75, 3.05) is 6.54 Å². The van der Waals surface area contributed by atoms with Crippen molar-refractivity contribution in [3.05, 3.63) is 33.9 Å². The van der Waals surface area contributed by atoms with E-state index in [0.29, 0.717) is 12.1 Å². The van der Waals surface area contributed by atoms with E-state index in [1.54, 1.807) is 6.92 Å². The first-order valence-electron chi connectivity index (χ1n) is 7.14. The third-order valence-corrected chi connectivity index (χ3v) is 5.98. The zero-order valence-corrected chi connectivity index (χ0v) is 13.1. The van der Waals surface area contributed by atoms with Crippen molar-refractivity contribution in [2.45, 2.75) is 50.5 Å². The smallest absolute Gasteiger partial charge is 0.258 e. The lowest BCUT2D eigenvalue weighted by Gasteiger charge is -2.34. The summed E-state index contributed by atoms with van der Waals surface area (Å²) in [6, 6.07) is 4.12. The van der Waals surface area contributed by atoms with Crippen molar-refractivity contribution >= 4 is 15.7 Å². The Morgan fingerprint density at radius 3 is 2.71 bits per heavy atom. The summed E-state index contributed by atoms with van der Waals surface area (Å²) in [6.45, 7) is 4.06. The first-order chi connectivity index (χ1) is 9.87. The molecule has 1 fully saturated rings. The van der Waals surface area contributed by atoms with Gasteiger partial charge < -0.3 is 0 Å². The van der Waals surface area contributed by atoms with Crippen LogP contribution in [0.5, 0.6) is 0 Å². The highest BCUT2D eigenvalue weighted by Gasteiger charge is 2.33. The van der Waals surface area contributed by atoms with Crippen molar-refractivity contribution in [1.29, 1.82) is 0 Å². The lowest BCUT2D eigenvalue weighted by molar-refractivity contribution is -0.385. The minimum absolute atomic E-state index is 0.0101. The third kappa shape index (κ3) is 3.08. The van der Waals surface area contributed by atoms with Crippen LogP contribution in [-0.2, 0) is 10.0 Å². The molecule has 0 N–H and O–H groups in total. The number of hydrogen-bond donors (Lipinski definition) is 0. The van der Waals surface area contributed by atoms with Crippen LogP contribution in [0.2, 0.25) is 0 Å². The Morgan fingerprint density at radius 2 is 2.10 bits per heavy atom. The van der Waals surface area contributed by atoms with E-state index >= 15 is 0 Å². The maximum Gasteiger partial charge on any atom is 0.273 e. The Kier molecular flexibility index (Phi) is 4.63. The molecule has 0 spiro atoms. The molecule has 1 aliphatic heterocycles. The van der Waals surface area contributed by atoms with Gasteiger partial charge in [0.1, 0.15) is 0 Å². The number of sulfonamides is 1. The number of nitro benzene ring substituents is 1.